The number of ketones is 1. The minimum atomic E-state index is -1.94. The second kappa shape index (κ2) is 22.1. The van der Waals surface area contributed by atoms with Gasteiger partial charge in [-0.2, -0.15) is 8.78 Å². The molecule has 0 bridgehead atoms. The van der Waals surface area contributed by atoms with Crippen molar-refractivity contribution < 1.29 is 70.1 Å². The molecule has 0 spiro atoms. The molecule has 0 aliphatic heterocycles. The minimum absolute atomic E-state index is 0.0151. The molecule has 330 valence electrons. The molecule has 0 aliphatic rings. The summed E-state index contributed by atoms with van der Waals surface area (Å²) in [7, 11) is 2.00. The van der Waals surface area contributed by atoms with Gasteiger partial charge in [-0.1, -0.05) is 52.0 Å². The molecule has 5 N–H and O–H groups in total. The highest BCUT2D eigenvalue weighted by atomic mass is 19.2. The summed E-state index contributed by atoms with van der Waals surface area (Å²) in [5.41, 5.74) is 0.551. The summed E-state index contributed by atoms with van der Waals surface area (Å²) in [6.07, 6.45) is -1.54. The van der Waals surface area contributed by atoms with Crippen LogP contribution in [0.1, 0.15) is 57.9 Å². The quantitative estimate of drug-likeness (QED) is 0.0623. The fourth-order valence-electron chi connectivity index (χ4n) is 5.53. The monoisotopic (exact) mass is 862 g/mol. The maximum atomic E-state index is 14.1. The lowest BCUT2D eigenvalue weighted by atomic mass is 10.0. The first-order valence-corrected chi connectivity index (χ1v) is 18.7. The van der Waals surface area contributed by atoms with Crippen LogP contribution in [-0.2, 0) is 43.0 Å². The lowest BCUT2D eigenvalue weighted by molar-refractivity contribution is -0.144. The molecule has 3 rings (SSSR count). The number of pyridine rings is 1. The average Bonchev–Trinajstić information content (AvgIpc) is 3.22. The molecule has 5 atom stereocenters. The summed E-state index contributed by atoms with van der Waals surface area (Å²) in [6.45, 7) is 6.18. The van der Waals surface area contributed by atoms with Gasteiger partial charge in [0.25, 0.3) is 5.91 Å². The lowest BCUT2D eigenvalue weighted by Gasteiger charge is -2.28. The number of carbonyl (C=O) groups is 8. The number of halogens is 4. The van der Waals surface area contributed by atoms with Gasteiger partial charge >= 0.3 is 11.9 Å². The first kappa shape index (κ1) is 48.7. The molecule has 21 heteroatoms. The Kier molecular flexibility index (Phi) is 17.6. The largest absolute Gasteiger partial charge is 0.479 e. The van der Waals surface area contributed by atoms with Gasteiger partial charge in [-0.15, -0.1) is 0 Å². The van der Waals surface area contributed by atoms with Crippen LogP contribution < -0.4 is 31.3 Å². The summed E-state index contributed by atoms with van der Waals surface area (Å²) >= 11 is 0. The molecule has 1 heterocycles. The van der Waals surface area contributed by atoms with Gasteiger partial charge in [-0.3, -0.25) is 38.4 Å². The number of hydrogen-bond acceptors (Lipinski definition) is 12. The van der Waals surface area contributed by atoms with Crippen LogP contribution in [-0.4, -0.2) is 103 Å². The molecule has 1 aromatic heterocycles. The zero-order valence-electron chi connectivity index (χ0n) is 34.2. The van der Waals surface area contributed by atoms with Crippen LogP contribution in [0, 0.1) is 35.1 Å². The SMILES string of the molecule is COC(=O)CC(NC(=O)[C@H](C)NC(=O)[C@@H](NC(=O)[C@H](CC(=O)OC)NC(=O)[C@@H](NC(=O)c1ccc2ccccc2n1)C(C)C)C(C)C)C(=O)COc1c(F)c(F)cc(F)c1F. The number of aromatic nitrogens is 1. The van der Waals surface area contributed by atoms with Gasteiger partial charge in [0, 0.05) is 11.5 Å². The number of benzene rings is 2. The third kappa shape index (κ3) is 13.4. The molecule has 0 fully saturated rings. The van der Waals surface area contributed by atoms with Gasteiger partial charge in [-0.25, -0.2) is 13.8 Å². The topological polar surface area (TPSA) is 237 Å². The van der Waals surface area contributed by atoms with E-state index in [0.29, 0.717) is 5.52 Å². The lowest BCUT2D eigenvalue weighted by Crippen LogP contribution is -2.60. The van der Waals surface area contributed by atoms with E-state index in [2.05, 4.69) is 41.0 Å². The molecular weight excluding hydrogens is 816 g/mol. The molecule has 1 unspecified atom stereocenters. The van der Waals surface area contributed by atoms with Crippen LogP contribution in [0.3, 0.4) is 0 Å². The number of methoxy groups -OCH3 is 2. The highest BCUT2D eigenvalue weighted by Crippen LogP contribution is 2.26. The molecular formula is C40H46F4N6O11. The van der Waals surface area contributed by atoms with Crippen molar-refractivity contribution in [3.05, 3.63) is 71.4 Å². The van der Waals surface area contributed by atoms with E-state index in [9.17, 15) is 55.9 Å². The molecule has 3 aromatic rings. The van der Waals surface area contributed by atoms with Crippen LogP contribution in [0.25, 0.3) is 10.9 Å². The third-order valence-corrected chi connectivity index (χ3v) is 9.03. The van der Waals surface area contributed by atoms with E-state index in [4.69, 9.17) is 4.74 Å². The van der Waals surface area contributed by atoms with Gasteiger partial charge in [0.05, 0.1) is 32.6 Å². The Hall–Kier alpha value is -6.67. The van der Waals surface area contributed by atoms with Crippen molar-refractivity contribution >= 4 is 58.2 Å². The number of para-hydroxylation sites is 1. The predicted octanol–water partition coefficient (Wildman–Crippen LogP) is 1.94. The van der Waals surface area contributed by atoms with Crippen molar-refractivity contribution in [2.75, 3.05) is 20.8 Å². The molecule has 2 aromatic carbocycles. The van der Waals surface area contributed by atoms with E-state index in [0.717, 1.165) is 26.5 Å². The molecule has 61 heavy (non-hydrogen) atoms. The van der Waals surface area contributed by atoms with E-state index in [1.807, 2.05) is 0 Å². The number of ether oxygens (including phenoxy) is 3. The second-order valence-corrected chi connectivity index (χ2v) is 14.3. The Balaban J connectivity index is 1.72. The minimum Gasteiger partial charge on any atom is -0.479 e. The Morgan fingerprint density at radius 3 is 1.72 bits per heavy atom. The maximum absolute atomic E-state index is 14.1. The number of carbonyl (C=O) groups excluding carboxylic acids is 8. The number of nitrogens with one attached hydrogen (secondary N) is 5. The van der Waals surface area contributed by atoms with Crippen LogP contribution in [0.2, 0.25) is 0 Å². The fourth-order valence-corrected chi connectivity index (χ4v) is 5.53. The molecule has 0 aliphatic carbocycles. The summed E-state index contributed by atoms with van der Waals surface area (Å²) in [4.78, 5) is 109. The van der Waals surface area contributed by atoms with Crippen molar-refractivity contribution in [1.29, 1.82) is 0 Å². The number of Topliss-reactive ketones (excluding diaryl/α,β-unsaturated/α-hetero) is 1. The number of fused-ring (bicyclic) bond motifs is 1. The zero-order chi connectivity index (χ0) is 45.7. The number of nitrogens with zero attached hydrogens (tertiary/aromatic N) is 1. The van der Waals surface area contributed by atoms with Gasteiger partial charge in [0.2, 0.25) is 35.3 Å². The fraction of sp³-hybridized carbons (Fsp3) is 0.425. The Morgan fingerprint density at radius 2 is 1.15 bits per heavy atom. The molecule has 0 saturated carbocycles. The maximum Gasteiger partial charge on any atom is 0.308 e. The standard InChI is InChI=1S/C40H46F4N6O11/c1-18(2)33(39(57)45-20(5)36(54)47-26(15-29(52)59-6)28(51)17-61-35-31(43)22(41)14-23(42)32(35)44)50-38(56)27(16-30(53)60-7)48-40(58)34(19(3)4)49-37(55)25-13-12-21-10-8-9-11-24(21)46-25/h8-14,18-20,26-27,33-34H,15-17H2,1-7H3,(H,45,57)(H,47,54)(H,48,58)(H,49,55)(H,50,56)/t20-,26?,27-,33-,34-/m0/s1. The van der Waals surface area contributed by atoms with Crippen molar-refractivity contribution in [2.24, 2.45) is 11.8 Å². The molecule has 17 nitrogen and oxygen atoms in total. The van der Waals surface area contributed by atoms with Gasteiger partial charge in [0.1, 0.15) is 42.5 Å². The molecule has 0 saturated heterocycles. The van der Waals surface area contributed by atoms with Gasteiger partial charge in [0.15, 0.2) is 23.2 Å². The number of hydrogen-bond donors (Lipinski definition) is 5. The number of esters is 2. The average molecular weight is 863 g/mol. The van der Waals surface area contributed by atoms with Gasteiger partial charge in [-0.05, 0) is 30.9 Å². The van der Waals surface area contributed by atoms with E-state index >= 15 is 0 Å². The summed E-state index contributed by atoms with van der Waals surface area (Å²) in [5.74, 6) is -18.1. The third-order valence-electron chi connectivity index (χ3n) is 9.03. The van der Waals surface area contributed by atoms with Crippen molar-refractivity contribution in [1.82, 2.24) is 31.6 Å². The first-order valence-electron chi connectivity index (χ1n) is 18.7. The van der Waals surface area contributed by atoms with E-state index in [1.54, 1.807) is 44.2 Å². The first-order chi connectivity index (χ1) is 28.7. The zero-order valence-corrected chi connectivity index (χ0v) is 34.2. The van der Waals surface area contributed by atoms with Crippen LogP contribution in [0.5, 0.6) is 5.75 Å². The van der Waals surface area contributed by atoms with Crippen LogP contribution >= 0.6 is 0 Å². The smallest absolute Gasteiger partial charge is 0.308 e. The number of rotatable bonds is 20. The number of amides is 5. The van der Waals surface area contributed by atoms with Crippen molar-refractivity contribution in [2.45, 2.75) is 77.7 Å². The Bertz CT molecular complexity index is 2130. The van der Waals surface area contributed by atoms with Gasteiger partial charge < -0.3 is 40.8 Å². The summed E-state index contributed by atoms with van der Waals surface area (Å²) < 4.78 is 69.3. The van der Waals surface area contributed by atoms with E-state index in [1.165, 1.54) is 19.9 Å². The molecule has 5 amide bonds. The van der Waals surface area contributed by atoms with Crippen molar-refractivity contribution in [3.63, 3.8) is 0 Å². The second-order valence-electron chi connectivity index (χ2n) is 14.3. The van der Waals surface area contributed by atoms with E-state index < -0.39 is 138 Å². The van der Waals surface area contributed by atoms with E-state index in [-0.39, 0.29) is 11.8 Å². The normalized spacial score (nSPS) is 13.5. The Morgan fingerprint density at radius 1 is 0.623 bits per heavy atom. The predicted molar refractivity (Wildman–Crippen MR) is 206 cm³/mol. The highest BCUT2D eigenvalue weighted by Gasteiger charge is 2.35. The highest BCUT2D eigenvalue weighted by molar-refractivity contribution is 6.00. The summed E-state index contributed by atoms with van der Waals surface area (Å²) in [6, 6.07) is 2.56. The Labute approximate surface area is 347 Å². The van der Waals surface area contributed by atoms with Crippen LogP contribution in [0.4, 0.5) is 17.6 Å². The van der Waals surface area contributed by atoms with Crippen LogP contribution in [0.15, 0.2) is 42.5 Å². The summed E-state index contributed by atoms with van der Waals surface area (Å²) in [5, 5.41) is 12.8. The molecule has 0 radical (unpaired) electrons. The van der Waals surface area contributed by atoms with Crippen molar-refractivity contribution in [3.8, 4) is 5.75 Å².